The molecule has 0 saturated carbocycles. The molecule has 1 aliphatic rings. The van der Waals surface area contributed by atoms with Gasteiger partial charge < -0.3 is 9.80 Å². The van der Waals surface area contributed by atoms with Crippen molar-refractivity contribution in [1.82, 2.24) is 9.80 Å². The molecule has 1 rings (SSSR count). The number of unbranched alkanes of at least 4 members (excludes halogenated alkanes) is 28. The quantitative estimate of drug-likeness (QED) is 0.0774. The predicted octanol–water partition coefficient (Wildman–Crippen LogP) is 12.8. The highest BCUT2D eigenvalue weighted by atomic mass is 15.3. The second-order valence-corrected chi connectivity index (χ2v) is 13.0. The molecule has 0 aromatic rings. The molecule has 39 heavy (non-hydrogen) atoms. The van der Waals surface area contributed by atoms with Crippen molar-refractivity contribution in [3.8, 4) is 0 Å². The lowest BCUT2D eigenvalue weighted by molar-refractivity contribution is 0.257. The van der Waals surface area contributed by atoms with Crippen molar-refractivity contribution in [1.29, 1.82) is 0 Å². The zero-order chi connectivity index (χ0) is 27.9. The van der Waals surface area contributed by atoms with Crippen LogP contribution in [0.5, 0.6) is 0 Å². The average Bonchev–Trinajstić information content (AvgIpc) is 3.40. The van der Waals surface area contributed by atoms with E-state index in [0.29, 0.717) is 0 Å². The highest BCUT2D eigenvalue weighted by Crippen LogP contribution is 2.16. The molecule has 0 fully saturated rings. The minimum atomic E-state index is 1.14. The summed E-state index contributed by atoms with van der Waals surface area (Å²) in [5.41, 5.74) is 0. The minimum Gasteiger partial charge on any atom is -0.359 e. The highest BCUT2D eigenvalue weighted by molar-refractivity contribution is 4.90. The summed E-state index contributed by atoms with van der Waals surface area (Å²) >= 11 is 0. The molecule has 1 aliphatic heterocycles. The Labute approximate surface area is 248 Å². The van der Waals surface area contributed by atoms with Crippen LogP contribution in [-0.2, 0) is 0 Å². The summed E-state index contributed by atoms with van der Waals surface area (Å²) in [6.45, 7) is 8.26. The van der Waals surface area contributed by atoms with Gasteiger partial charge in [0.05, 0.1) is 6.67 Å². The van der Waals surface area contributed by atoms with Gasteiger partial charge in [-0.3, -0.25) is 0 Å². The number of hydrogen-bond acceptors (Lipinski definition) is 2. The van der Waals surface area contributed by atoms with Crippen LogP contribution < -0.4 is 0 Å². The normalized spacial score (nSPS) is 13.3. The van der Waals surface area contributed by atoms with E-state index >= 15 is 0 Å². The van der Waals surface area contributed by atoms with Gasteiger partial charge in [-0.25, -0.2) is 0 Å². The van der Waals surface area contributed by atoms with Crippen molar-refractivity contribution in [2.45, 2.75) is 206 Å². The van der Waals surface area contributed by atoms with E-state index < -0.39 is 0 Å². The fraction of sp³-hybridized carbons (Fsp3) is 0.946. The minimum absolute atomic E-state index is 1.14. The van der Waals surface area contributed by atoms with Gasteiger partial charge in [0.2, 0.25) is 0 Å². The summed E-state index contributed by atoms with van der Waals surface area (Å²) in [5, 5.41) is 0. The smallest absolute Gasteiger partial charge is 0.0893 e. The van der Waals surface area contributed by atoms with Crippen LogP contribution in [0.4, 0.5) is 0 Å². The summed E-state index contributed by atoms with van der Waals surface area (Å²) < 4.78 is 0. The van der Waals surface area contributed by atoms with E-state index in [4.69, 9.17) is 0 Å². The molecule has 0 amide bonds. The Bertz CT molecular complexity index is 488. The van der Waals surface area contributed by atoms with Crippen molar-refractivity contribution in [2.24, 2.45) is 0 Å². The summed E-state index contributed by atoms with van der Waals surface area (Å²) in [6.07, 6.45) is 48.2. The Morgan fingerprint density at radius 1 is 0.308 bits per heavy atom. The molecule has 0 unspecified atom stereocenters. The van der Waals surface area contributed by atoms with E-state index in [9.17, 15) is 0 Å². The third-order valence-electron chi connectivity index (χ3n) is 8.95. The molecule has 0 radical (unpaired) electrons. The van der Waals surface area contributed by atoms with Crippen molar-refractivity contribution >= 4 is 0 Å². The molecule has 0 aliphatic carbocycles. The fourth-order valence-electron chi connectivity index (χ4n) is 6.18. The lowest BCUT2D eigenvalue weighted by Crippen LogP contribution is -2.26. The van der Waals surface area contributed by atoms with E-state index in [1.54, 1.807) is 0 Å². The Morgan fingerprint density at radius 2 is 0.513 bits per heavy atom. The third-order valence-corrected chi connectivity index (χ3v) is 8.95. The van der Waals surface area contributed by atoms with E-state index in [1.165, 1.54) is 206 Å². The van der Waals surface area contributed by atoms with Crippen LogP contribution >= 0.6 is 0 Å². The van der Waals surface area contributed by atoms with Crippen LogP contribution in [0.15, 0.2) is 12.4 Å². The first-order valence-electron chi connectivity index (χ1n) is 18.5. The van der Waals surface area contributed by atoms with Gasteiger partial charge in [-0.15, -0.1) is 0 Å². The Kier molecular flexibility index (Phi) is 28.3. The third kappa shape index (κ3) is 26.0. The summed E-state index contributed by atoms with van der Waals surface area (Å²) in [5.74, 6) is 0. The molecule has 1 heterocycles. The van der Waals surface area contributed by atoms with Gasteiger partial charge in [0, 0.05) is 25.5 Å². The maximum atomic E-state index is 2.54. The fourth-order valence-corrected chi connectivity index (χ4v) is 6.18. The Morgan fingerprint density at radius 3 is 0.744 bits per heavy atom. The van der Waals surface area contributed by atoms with Crippen LogP contribution in [-0.4, -0.2) is 29.6 Å². The maximum absolute atomic E-state index is 2.54. The largest absolute Gasteiger partial charge is 0.359 e. The molecule has 0 spiro atoms. The molecule has 0 aromatic carbocycles. The molecule has 2 nitrogen and oxygen atoms in total. The van der Waals surface area contributed by atoms with E-state index in [1.807, 2.05) is 0 Å². The molecule has 2 heteroatoms. The molecule has 0 saturated heterocycles. The van der Waals surface area contributed by atoms with Crippen LogP contribution in [0, 0.1) is 0 Å². The van der Waals surface area contributed by atoms with Crippen LogP contribution in [0.25, 0.3) is 0 Å². The Hall–Kier alpha value is -0.660. The second kappa shape index (κ2) is 30.3. The van der Waals surface area contributed by atoms with Crippen LogP contribution in [0.3, 0.4) is 0 Å². The van der Waals surface area contributed by atoms with Crippen molar-refractivity contribution < 1.29 is 0 Å². The first-order chi connectivity index (χ1) is 19.4. The molecule has 232 valence electrons. The first kappa shape index (κ1) is 36.4. The lowest BCUT2D eigenvalue weighted by atomic mass is 10.0. The van der Waals surface area contributed by atoms with Gasteiger partial charge in [0.15, 0.2) is 0 Å². The van der Waals surface area contributed by atoms with Gasteiger partial charge in [0.25, 0.3) is 0 Å². The monoisotopic (exact) mass is 547 g/mol. The number of hydrogen-bond donors (Lipinski definition) is 0. The molecular weight excluding hydrogens is 472 g/mol. The van der Waals surface area contributed by atoms with Crippen LogP contribution in [0.2, 0.25) is 0 Å². The van der Waals surface area contributed by atoms with Crippen LogP contribution in [0.1, 0.15) is 206 Å². The molecule has 0 N–H and O–H groups in total. The van der Waals surface area contributed by atoms with Crippen molar-refractivity contribution in [3.63, 3.8) is 0 Å². The SMILES string of the molecule is CCCCCCCCCCCCCCCCCCN1C=CN(CCCCCCCCCCCCCCCC)C1. The van der Waals surface area contributed by atoms with E-state index in [2.05, 4.69) is 36.0 Å². The van der Waals surface area contributed by atoms with Crippen molar-refractivity contribution in [2.75, 3.05) is 19.8 Å². The standard InChI is InChI=1S/C37H74N2/c1-3-5-7-9-11-13-15-17-19-20-22-24-26-28-30-32-34-39-36-35-38(37-39)33-31-29-27-25-23-21-18-16-14-12-10-8-6-4-2/h35-36H,3-34,37H2,1-2H3. The Balaban J connectivity index is 1.74. The summed E-state index contributed by atoms with van der Waals surface area (Å²) in [4.78, 5) is 5.07. The zero-order valence-corrected chi connectivity index (χ0v) is 27.4. The second-order valence-electron chi connectivity index (χ2n) is 13.0. The van der Waals surface area contributed by atoms with Gasteiger partial charge >= 0.3 is 0 Å². The molecule has 0 aromatic heterocycles. The molecule has 0 atom stereocenters. The molecule has 0 bridgehead atoms. The first-order valence-corrected chi connectivity index (χ1v) is 18.5. The van der Waals surface area contributed by atoms with Gasteiger partial charge in [-0.2, -0.15) is 0 Å². The summed E-state index contributed by atoms with van der Waals surface area (Å²) in [6, 6.07) is 0. The van der Waals surface area contributed by atoms with E-state index in [0.717, 1.165) is 6.67 Å². The number of nitrogens with zero attached hydrogens (tertiary/aromatic N) is 2. The number of rotatable bonds is 32. The summed E-state index contributed by atoms with van der Waals surface area (Å²) in [7, 11) is 0. The van der Waals surface area contributed by atoms with Gasteiger partial charge in [-0.05, 0) is 12.8 Å². The average molecular weight is 547 g/mol. The highest BCUT2D eigenvalue weighted by Gasteiger charge is 2.11. The van der Waals surface area contributed by atoms with Gasteiger partial charge in [-0.1, -0.05) is 194 Å². The maximum Gasteiger partial charge on any atom is 0.0893 e. The predicted molar refractivity (Wildman–Crippen MR) is 177 cm³/mol. The lowest BCUT2D eigenvalue weighted by Gasteiger charge is -2.21. The zero-order valence-electron chi connectivity index (χ0n) is 27.4. The topological polar surface area (TPSA) is 6.48 Å². The van der Waals surface area contributed by atoms with E-state index in [-0.39, 0.29) is 0 Å². The molecular formula is C37H74N2. The van der Waals surface area contributed by atoms with Gasteiger partial charge in [0.1, 0.15) is 0 Å². The van der Waals surface area contributed by atoms with Crippen molar-refractivity contribution in [3.05, 3.63) is 12.4 Å².